The molecule has 0 bridgehead atoms. The summed E-state index contributed by atoms with van der Waals surface area (Å²) in [5.41, 5.74) is 2.90. The van der Waals surface area contributed by atoms with Crippen molar-refractivity contribution >= 4 is 28.8 Å². The van der Waals surface area contributed by atoms with E-state index in [0.717, 1.165) is 5.56 Å². The number of ether oxygens (including phenoxy) is 1. The highest BCUT2D eigenvalue weighted by molar-refractivity contribution is 7.12. The summed E-state index contributed by atoms with van der Waals surface area (Å²) in [5.74, 6) is 5.46. The molecule has 0 saturated carbocycles. The normalized spacial score (nSPS) is 10.1. The van der Waals surface area contributed by atoms with Gasteiger partial charge in [-0.15, -0.1) is 11.3 Å². The summed E-state index contributed by atoms with van der Waals surface area (Å²) in [4.78, 5) is 12.0. The summed E-state index contributed by atoms with van der Waals surface area (Å²) >= 11 is 7.17. The number of thiophene rings is 1. The van der Waals surface area contributed by atoms with Gasteiger partial charge >= 0.3 is 0 Å². The van der Waals surface area contributed by atoms with Crippen LogP contribution < -0.4 is 16.0 Å². The molecule has 1 heterocycles. The highest BCUT2D eigenvalue weighted by Gasteiger charge is 2.12. The first-order valence-electron chi connectivity index (χ1n) is 5.16. The molecule has 18 heavy (non-hydrogen) atoms. The lowest BCUT2D eigenvalue weighted by atomic mass is 10.2. The van der Waals surface area contributed by atoms with Crippen LogP contribution in [0.1, 0.15) is 15.2 Å². The molecule has 1 aromatic carbocycles. The molecule has 6 heteroatoms. The van der Waals surface area contributed by atoms with Crippen LogP contribution in [0.25, 0.3) is 0 Å². The highest BCUT2D eigenvalue weighted by Crippen LogP contribution is 2.21. The predicted molar refractivity (Wildman–Crippen MR) is 71.8 cm³/mol. The first kappa shape index (κ1) is 12.9. The number of hydrazine groups is 1. The lowest BCUT2D eigenvalue weighted by molar-refractivity contribution is 0.0955. The fourth-order valence-corrected chi connectivity index (χ4v) is 2.42. The number of nitrogens with two attached hydrogens (primary N) is 1. The zero-order valence-corrected chi connectivity index (χ0v) is 10.9. The summed E-state index contributed by atoms with van der Waals surface area (Å²) in [6.07, 6.45) is 0. The van der Waals surface area contributed by atoms with Crippen molar-refractivity contribution in [1.29, 1.82) is 0 Å². The maximum absolute atomic E-state index is 11.5. The topological polar surface area (TPSA) is 64.3 Å². The van der Waals surface area contributed by atoms with Crippen LogP contribution >= 0.6 is 22.9 Å². The molecule has 0 saturated heterocycles. The number of hydrogen-bond donors (Lipinski definition) is 2. The van der Waals surface area contributed by atoms with Crippen molar-refractivity contribution in [3.63, 3.8) is 0 Å². The largest absolute Gasteiger partial charge is 0.489 e. The third kappa shape index (κ3) is 3.01. The van der Waals surface area contributed by atoms with Crippen molar-refractivity contribution in [2.24, 2.45) is 5.84 Å². The lowest BCUT2D eigenvalue weighted by Crippen LogP contribution is -2.30. The number of benzene rings is 1. The van der Waals surface area contributed by atoms with E-state index in [0.29, 0.717) is 22.3 Å². The van der Waals surface area contributed by atoms with Gasteiger partial charge in [-0.25, -0.2) is 5.84 Å². The standard InChI is InChI=1S/C12H11ClN2O2S/c13-9-2-1-3-10(6-9)17-7-8-4-5-18-11(8)12(16)15-14/h1-6H,7,14H2,(H,15,16). The molecule has 2 aromatic rings. The Bertz CT molecular complexity index is 557. The Balaban J connectivity index is 2.07. The van der Waals surface area contributed by atoms with Crippen molar-refractivity contribution in [1.82, 2.24) is 5.43 Å². The molecule has 0 atom stereocenters. The quantitative estimate of drug-likeness (QED) is 0.515. The van der Waals surface area contributed by atoms with E-state index in [-0.39, 0.29) is 5.91 Å². The van der Waals surface area contributed by atoms with Gasteiger partial charge in [-0.05, 0) is 29.6 Å². The molecule has 0 aliphatic carbocycles. The number of amides is 1. The Morgan fingerprint density at radius 1 is 1.44 bits per heavy atom. The van der Waals surface area contributed by atoms with Crippen molar-refractivity contribution in [2.75, 3.05) is 0 Å². The van der Waals surface area contributed by atoms with E-state index < -0.39 is 0 Å². The molecule has 0 unspecified atom stereocenters. The van der Waals surface area contributed by atoms with E-state index in [9.17, 15) is 4.79 Å². The molecule has 4 nitrogen and oxygen atoms in total. The van der Waals surface area contributed by atoms with E-state index in [2.05, 4.69) is 5.43 Å². The molecule has 2 rings (SSSR count). The van der Waals surface area contributed by atoms with Gasteiger partial charge in [-0.3, -0.25) is 10.2 Å². The second-order valence-corrected chi connectivity index (χ2v) is 4.85. The second-order valence-electron chi connectivity index (χ2n) is 3.49. The van der Waals surface area contributed by atoms with Gasteiger partial charge in [0.15, 0.2) is 0 Å². The van der Waals surface area contributed by atoms with Crippen LogP contribution in [0.2, 0.25) is 5.02 Å². The summed E-state index contributed by atoms with van der Waals surface area (Å²) in [5, 5.41) is 2.43. The number of carbonyl (C=O) groups excluding carboxylic acids is 1. The second kappa shape index (κ2) is 5.86. The predicted octanol–water partition coefficient (Wildman–Crippen LogP) is 2.58. The average Bonchev–Trinajstić information content (AvgIpc) is 2.84. The Morgan fingerprint density at radius 3 is 3.00 bits per heavy atom. The molecular weight excluding hydrogens is 272 g/mol. The molecule has 0 radical (unpaired) electrons. The smallest absolute Gasteiger partial charge is 0.275 e. The van der Waals surface area contributed by atoms with Crippen LogP contribution in [0.4, 0.5) is 0 Å². The number of nitrogens with one attached hydrogen (secondary N) is 1. The van der Waals surface area contributed by atoms with Crippen LogP contribution in [-0.2, 0) is 6.61 Å². The molecule has 0 fully saturated rings. The fourth-order valence-electron chi connectivity index (χ4n) is 1.43. The number of rotatable bonds is 4. The van der Waals surface area contributed by atoms with Crippen molar-refractivity contribution in [3.05, 3.63) is 51.2 Å². The first-order chi connectivity index (χ1) is 8.70. The molecule has 94 valence electrons. The van der Waals surface area contributed by atoms with Gasteiger partial charge in [0.05, 0.1) is 4.88 Å². The maximum Gasteiger partial charge on any atom is 0.275 e. The molecule has 3 N–H and O–H groups in total. The summed E-state index contributed by atoms with van der Waals surface area (Å²) in [6, 6.07) is 8.93. The number of hydrogen-bond acceptors (Lipinski definition) is 4. The van der Waals surface area contributed by atoms with Gasteiger partial charge in [0.25, 0.3) is 5.91 Å². The van der Waals surface area contributed by atoms with Gasteiger partial charge in [-0.2, -0.15) is 0 Å². The number of nitrogen functional groups attached to an aromatic ring is 1. The van der Waals surface area contributed by atoms with E-state index in [1.165, 1.54) is 11.3 Å². The van der Waals surface area contributed by atoms with Gasteiger partial charge in [-0.1, -0.05) is 17.7 Å². The van der Waals surface area contributed by atoms with Crippen molar-refractivity contribution < 1.29 is 9.53 Å². The van der Waals surface area contributed by atoms with E-state index >= 15 is 0 Å². The Kier molecular flexibility index (Phi) is 4.19. The number of halogens is 1. The Morgan fingerprint density at radius 2 is 2.28 bits per heavy atom. The molecule has 0 aliphatic heterocycles. The summed E-state index contributed by atoms with van der Waals surface area (Å²) in [6.45, 7) is 0.298. The van der Waals surface area contributed by atoms with Crippen LogP contribution in [0.5, 0.6) is 5.75 Å². The minimum absolute atomic E-state index is 0.298. The zero-order valence-electron chi connectivity index (χ0n) is 9.35. The van der Waals surface area contributed by atoms with E-state index in [1.54, 1.807) is 24.3 Å². The zero-order chi connectivity index (χ0) is 13.0. The number of carbonyl (C=O) groups is 1. The minimum atomic E-state index is -0.310. The first-order valence-corrected chi connectivity index (χ1v) is 6.42. The molecular formula is C12H11ClN2O2S. The van der Waals surface area contributed by atoms with Crippen LogP contribution in [0.15, 0.2) is 35.7 Å². The monoisotopic (exact) mass is 282 g/mol. The van der Waals surface area contributed by atoms with Crippen LogP contribution in [-0.4, -0.2) is 5.91 Å². The third-order valence-electron chi connectivity index (χ3n) is 2.27. The van der Waals surface area contributed by atoms with Gasteiger partial charge < -0.3 is 4.74 Å². The SMILES string of the molecule is NNC(=O)c1sccc1COc1cccc(Cl)c1. The van der Waals surface area contributed by atoms with Crippen molar-refractivity contribution in [2.45, 2.75) is 6.61 Å². The van der Waals surface area contributed by atoms with Crippen LogP contribution in [0, 0.1) is 0 Å². The van der Waals surface area contributed by atoms with E-state index in [1.807, 2.05) is 11.4 Å². The summed E-state index contributed by atoms with van der Waals surface area (Å²) in [7, 11) is 0. The molecule has 1 aromatic heterocycles. The van der Waals surface area contributed by atoms with Crippen LogP contribution in [0.3, 0.4) is 0 Å². The lowest BCUT2D eigenvalue weighted by Gasteiger charge is -2.06. The third-order valence-corrected chi connectivity index (χ3v) is 3.47. The van der Waals surface area contributed by atoms with Gasteiger partial charge in [0.2, 0.25) is 0 Å². The van der Waals surface area contributed by atoms with E-state index in [4.69, 9.17) is 22.2 Å². The molecule has 0 spiro atoms. The average molecular weight is 283 g/mol. The maximum atomic E-state index is 11.5. The Labute approximate surface area is 113 Å². The fraction of sp³-hybridized carbons (Fsp3) is 0.0833. The molecule has 1 amide bonds. The van der Waals surface area contributed by atoms with Gasteiger partial charge in [0.1, 0.15) is 12.4 Å². The highest BCUT2D eigenvalue weighted by atomic mass is 35.5. The minimum Gasteiger partial charge on any atom is -0.489 e. The van der Waals surface area contributed by atoms with Gasteiger partial charge in [0, 0.05) is 10.6 Å². The molecule has 0 aliphatic rings. The summed E-state index contributed by atoms with van der Waals surface area (Å²) < 4.78 is 5.57. The van der Waals surface area contributed by atoms with Crippen molar-refractivity contribution in [3.8, 4) is 5.75 Å². The Hall–Kier alpha value is -1.56.